The average Bonchev–Trinajstić information content (AvgIpc) is 3.01. The Morgan fingerprint density at radius 3 is 2.70 bits per heavy atom. The fourth-order valence-electron chi connectivity index (χ4n) is 2.35. The van der Waals surface area contributed by atoms with Crippen molar-refractivity contribution in [2.75, 3.05) is 11.6 Å². The molecule has 1 aliphatic heterocycles. The molecule has 3 aromatic rings. The number of aromatic nitrogens is 4. The molecule has 7 nitrogen and oxygen atoms in total. The van der Waals surface area contributed by atoms with Gasteiger partial charge in [0, 0.05) is 23.6 Å². The third-order valence-electron chi connectivity index (χ3n) is 3.49. The number of thioether (sulfide) groups is 1. The summed E-state index contributed by atoms with van der Waals surface area (Å²) in [5.74, 6) is 0.673. The summed E-state index contributed by atoms with van der Waals surface area (Å²) >= 11 is 1.48. The van der Waals surface area contributed by atoms with Crippen molar-refractivity contribution in [2.24, 2.45) is 0 Å². The van der Waals surface area contributed by atoms with E-state index in [4.69, 9.17) is 9.47 Å². The Morgan fingerprint density at radius 2 is 2.00 bits per heavy atom. The van der Waals surface area contributed by atoms with Crippen molar-refractivity contribution in [3.63, 3.8) is 0 Å². The molecule has 1 aromatic carbocycles. The number of fused-ring (bicyclic) bond motifs is 1. The second-order valence-corrected chi connectivity index (χ2v) is 5.83. The molecule has 0 spiro atoms. The first-order valence-electron chi connectivity index (χ1n) is 7.16. The topological polar surface area (TPSA) is 73.6 Å². The number of benzene rings is 1. The van der Waals surface area contributed by atoms with Crippen LogP contribution in [-0.4, -0.2) is 32.1 Å². The van der Waals surface area contributed by atoms with Gasteiger partial charge in [-0.2, -0.15) is 4.98 Å². The molecule has 0 aliphatic carbocycles. The number of hydrogen-bond donors (Lipinski definition) is 1. The molecule has 3 heterocycles. The maximum absolute atomic E-state index is 5.48. The van der Waals surface area contributed by atoms with Crippen LogP contribution in [0.2, 0.25) is 0 Å². The van der Waals surface area contributed by atoms with E-state index in [9.17, 15) is 0 Å². The van der Waals surface area contributed by atoms with Crippen LogP contribution in [0.25, 0.3) is 5.65 Å². The molecule has 8 heteroatoms. The molecule has 1 fully saturated rings. The van der Waals surface area contributed by atoms with Gasteiger partial charge < -0.3 is 14.8 Å². The minimum atomic E-state index is -0.264. The van der Waals surface area contributed by atoms with Gasteiger partial charge in [-0.1, -0.05) is 23.9 Å². The molecule has 1 saturated heterocycles. The van der Waals surface area contributed by atoms with Gasteiger partial charge >= 0.3 is 0 Å². The van der Waals surface area contributed by atoms with Gasteiger partial charge in [0.15, 0.2) is 24.0 Å². The Morgan fingerprint density at radius 1 is 1.22 bits per heavy atom. The van der Waals surface area contributed by atoms with Crippen molar-refractivity contribution < 1.29 is 9.47 Å². The molecule has 1 aliphatic rings. The van der Waals surface area contributed by atoms with E-state index in [2.05, 4.69) is 20.4 Å². The molecule has 0 amide bonds. The summed E-state index contributed by atoms with van der Waals surface area (Å²) in [5.41, 5.74) is 2.59. The van der Waals surface area contributed by atoms with Gasteiger partial charge in [0.05, 0.1) is 0 Å². The first kappa shape index (κ1) is 14.4. The zero-order chi connectivity index (χ0) is 15.8. The van der Waals surface area contributed by atoms with Crippen LogP contribution in [0.1, 0.15) is 18.8 Å². The van der Waals surface area contributed by atoms with Gasteiger partial charge in [-0.25, -0.2) is 9.50 Å². The molecule has 0 saturated carbocycles. The molecule has 0 atom stereocenters. The Balaban J connectivity index is 1.59. The average molecular weight is 329 g/mol. The Kier molecular flexibility index (Phi) is 3.64. The highest BCUT2D eigenvalue weighted by molar-refractivity contribution is 7.98. The summed E-state index contributed by atoms with van der Waals surface area (Å²) < 4.78 is 12.7. The standard InChI is InChI=1S/C15H15N5O2S/c1-9-21-14(22-9)10-3-5-11(6-4-10)17-12-13-16-7-8-20(13)19-15(18-12)23-2/h3-9,14H,1-2H3,(H,17,18,19). The first-order valence-corrected chi connectivity index (χ1v) is 8.39. The van der Waals surface area contributed by atoms with E-state index in [0.29, 0.717) is 16.6 Å². The Hall–Kier alpha value is -2.16. The van der Waals surface area contributed by atoms with Gasteiger partial charge in [0.25, 0.3) is 0 Å². The van der Waals surface area contributed by atoms with Crippen molar-refractivity contribution in [1.29, 1.82) is 0 Å². The SMILES string of the molecule is CSc1nc(Nc2ccc(C3OC(C)O3)cc2)c2nccn2n1. The van der Waals surface area contributed by atoms with E-state index in [1.807, 2.05) is 37.4 Å². The molecular formula is C15H15N5O2S. The van der Waals surface area contributed by atoms with Crippen molar-refractivity contribution in [1.82, 2.24) is 19.6 Å². The lowest BCUT2D eigenvalue weighted by Crippen LogP contribution is -2.31. The van der Waals surface area contributed by atoms with Crippen LogP contribution in [0.3, 0.4) is 0 Å². The van der Waals surface area contributed by atoms with Crippen LogP contribution in [0.5, 0.6) is 0 Å². The first-order chi connectivity index (χ1) is 11.2. The van der Waals surface area contributed by atoms with Gasteiger partial charge in [-0.15, -0.1) is 5.10 Å². The minimum absolute atomic E-state index is 0.127. The smallest absolute Gasteiger partial charge is 0.209 e. The molecule has 118 valence electrons. The number of hydrogen-bond acceptors (Lipinski definition) is 7. The highest BCUT2D eigenvalue weighted by Crippen LogP contribution is 2.32. The minimum Gasteiger partial charge on any atom is -0.337 e. The van der Waals surface area contributed by atoms with Crippen LogP contribution in [0, 0.1) is 0 Å². The zero-order valence-electron chi connectivity index (χ0n) is 12.6. The molecule has 2 aromatic heterocycles. The largest absolute Gasteiger partial charge is 0.337 e. The number of ether oxygens (including phenoxy) is 2. The van der Waals surface area contributed by atoms with Crippen LogP contribution in [-0.2, 0) is 9.47 Å². The number of anilines is 2. The van der Waals surface area contributed by atoms with Crippen molar-refractivity contribution >= 4 is 28.9 Å². The number of nitrogens with one attached hydrogen (secondary N) is 1. The van der Waals surface area contributed by atoms with Crippen molar-refractivity contribution in [3.05, 3.63) is 42.2 Å². The molecule has 0 radical (unpaired) electrons. The number of nitrogens with zero attached hydrogens (tertiary/aromatic N) is 4. The summed E-state index contributed by atoms with van der Waals surface area (Å²) in [6.07, 6.45) is 5.06. The second-order valence-electron chi connectivity index (χ2n) is 5.06. The van der Waals surface area contributed by atoms with Gasteiger partial charge in [-0.3, -0.25) is 0 Å². The van der Waals surface area contributed by atoms with Gasteiger partial charge in [-0.05, 0) is 25.3 Å². The quantitative estimate of drug-likeness (QED) is 0.738. The fraction of sp³-hybridized carbons (Fsp3) is 0.267. The van der Waals surface area contributed by atoms with Crippen LogP contribution < -0.4 is 5.32 Å². The van der Waals surface area contributed by atoms with E-state index in [1.165, 1.54) is 11.8 Å². The molecule has 0 bridgehead atoms. The second kappa shape index (κ2) is 5.80. The van der Waals surface area contributed by atoms with Gasteiger partial charge in [0.2, 0.25) is 5.16 Å². The fourth-order valence-corrected chi connectivity index (χ4v) is 2.71. The van der Waals surface area contributed by atoms with E-state index in [0.717, 1.165) is 11.3 Å². The molecule has 0 unspecified atom stereocenters. The highest BCUT2D eigenvalue weighted by atomic mass is 32.2. The van der Waals surface area contributed by atoms with Crippen molar-refractivity contribution in [2.45, 2.75) is 24.7 Å². The lowest BCUT2D eigenvalue weighted by atomic mass is 10.2. The van der Waals surface area contributed by atoms with Crippen LogP contribution in [0.4, 0.5) is 11.5 Å². The third kappa shape index (κ3) is 2.76. The molecular weight excluding hydrogens is 314 g/mol. The highest BCUT2D eigenvalue weighted by Gasteiger charge is 2.28. The molecule has 1 N–H and O–H groups in total. The Labute approximate surface area is 137 Å². The normalized spacial score (nSPS) is 20.4. The molecule has 4 rings (SSSR count). The predicted molar refractivity (Wildman–Crippen MR) is 86.7 cm³/mol. The predicted octanol–water partition coefficient (Wildman–Crippen LogP) is 2.98. The van der Waals surface area contributed by atoms with Crippen LogP contribution >= 0.6 is 11.8 Å². The van der Waals surface area contributed by atoms with Crippen molar-refractivity contribution in [3.8, 4) is 0 Å². The Bertz CT molecular complexity index is 830. The third-order valence-corrected chi connectivity index (χ3v) is 4.03. The maximum Gasteiger partial charge on any atom is 0.209 e. The molecule has 23 heavy (non-hydrogen) atoms. The lowest BCUT2D eigenvalue weighted by molar-refractivity contribution is -0.382. The van der Waals surface area contributed by atoms with E-state index >= 15 is 0 Å². The summed E-state index contributed by atoms with van der Waals surface area (Å²) in [4.78, 5) is 8.78. The van der Waals surface area contributed by atoms with E-state index in [1.54, 1.807) is 16.9 Å². The maximum atomic E-state index is 5.48. The monoisotopic (exact) mass is 329 g/mol. The van der Waals surface area contributed by atoms with E-state index in [-0.39, 0.29) is 12.6 Å². The number of rotatable bonds is 4. The summed E-state index contributed by atoms with van der Waals surface area (Å²) in [6.45, 7) is 1.88. The van der Waals surface area contributed by atoms with E-state index < -0.39 is 0 Å². The summed E-state index contributed by atoms with van der Waals surface area (Å²) in [6, 6.07) is 7.87. The summed E-state index contributed by atoms with van der Waals surface area (Å²) in [7, 11) is 0. The zero-order valence-corrected chi connectivity index (χ0v) is 13.4. The number of imidazole rings is 1. The lowest BCUT2D eigenvalue weighted by Gasteiger charge is -2.33. The summed E-state index contributed by atoms with van der Waals surface area (Å²) in [5, 5.41) is 8.32. The van der Waals surface area contributed by atoms with Gasteiger partial charge in [0.1, 0.15) is 0 Å². The van der Waals surface area contributed by atoms with Crippen LogP contribution in [0.15, 0.2) is 41.8 Å².